The Morgan fingerprint density at radius 1 is 1.17 bits per heavy atom. The van der Waals surface area contributed by atoms with E-state index in [1.165, 1.54) is 0 Å². The molecule has 0 amide bonds. The summed E-state index contributed by atoms with van der Waals surface area (Å²) in [6.07, 6.45) is 9.16. The number of aryl methyl sites for hydroxylation is 1. The molecule has 1 N–H and O–H groups in total. The molecular weight excluding hydrogens is 290 g/mol. The van der Waals surface area contributed by atoms with Crippen LogP contribution in [0.25, 0.3) is 5.52 Å². The molecule has 23 heavy (non-hydrogen) atoms. The van der Waals surface area contributed by atoms with E-state index in [-0.39, 0.29) is 0 Å². The summed E-state index contributed by atoms with van der Waals surface area (Å²) in [6, 6.07) is 4.43. The number of hydrogen-bond donors (Lipinski definition) is 1. The third kappa shape index (κ3) is 2.81. The van der Waals surface area contributed by atoms with Crippen molar-refractivity contribution in [2.45, 2.75) is 25.8 Å². The van der Waals surface area contributed by atoms with Crippen molar-refractivity contribution in [3.05, 3.63) is 42.7 Å². The van der Waals surface area contributed by atoms with Gasteiger partial charge in [0, 0.05) is 37.7 Å². The first kappa shape index (κ1) is 13.9. The minimum Gasteiger partial charge on any atom is -0.367 e. The van der Waals surface area contributed by atoms with Crippen LogP contribution in [-0.2, 0) is 0 Å². The summed E-state index contributed by atoms with van der Waals surface area (Å²) in [4.78, 5) is 15.1. The standard InChI is InChI=1S/C16H19N7/c1-12-10-14-16(18-6-9-23(14)21-12)22-7-3-13(4-8-22)20-15-2-5-17-11-19-15/h2,5-6,9-11,13H,3-4,7-8H2,1H3,(H,17,19,20). The van der Waals surface area contributed by atoms with Gasteiger partial charge in [0.25, 0.3) is 0 Å². The summed E-state index contributed by atoms with van der Waals surface area (Å²) < 4.78 is 1.91. The predicted octanol–water partition coefficient (Wildman–Crippen LogP) is 1.91. The quantitative estimate of drug-likeness (QED) is 0.797. The fourth-order valence-corrected chi connectivity index (χ4v) is 3.10. The maximum absolute atomic E-state index is 4.58. The highest BCUT2D eigenvalue weighted by molar-refractivity contribution is 5.69. The second-order valence-corrected chi connectivity index (χ2v) is 5.87. The second-order valence-electron chi connectivity index (χ2n) is 5.87. The van der Waals surface area contributed by atoms with Crippen LogP contribution in [0.5, 0.6) is 0 Å². The first-order valence-corrected chi connectivity index (χ1v) is 7.88. The van der Waals surface area contributed by atoms with E-state index < -0.39 is 0 Å². The molecule has 4 heterocycles. The zero-order valence-electron chi connectivity index (χ0n) is 13.1. The fraction of sp³-hybridized carbons (Fsp3) is 0.375. The van der Waals surface area contributed by atoms with Crippen LogP contribution < -0.4 is 10.2 Å². The second kappa shape index (κ2) is 5.83. The Labute approximate surface area is 134 Å². The predicted molar refractivity (Wildman–Crippen MR) is 88.6 cm³/mol. The number of hydrogen-bond acceptors (Lipinski definition) is 6. The van der Waals surface area contributed by atoms with Crippen molar-refractivity contribution in [2.75, 3.05) is 23.3 Å². The van der Waals surface area contributed by atoms with Gasteiger partial charge in [-0.25, -0.2) is 19.5 Å². The van der Waals surface area contributed by atoms with Crippen LogP contribution in [0, 0.1) is 6.92 Å². The highest BCUT2D eigenvalue weighted by Gasteiger charge is 2.22. The molecule has 3 aromatic heterocycles. The lowest BCUT2D eigenvalue weighted by molar-refractivity contribution is 0.522. The molecule has 7 heteroatoms. The Kier molecular flexibility index (Phi) is 3.53. The Morgan fingerprint density at radius 3 is 2.83 bits per heavy atom. The van der Waals surface area contributed by atoms with Gasteiger partial charge in [0.1, 0.15) is 17.7 Å². The lowest BCUT2D eigenvalue weighted by Gasteiger charge is -2.33. The number of anilines is 2. The van der Waals surface area contributed by atoms with E-state index in [2.05, 4.69) is 36.3 Å². The lowest BCUT2D eigenvalue weighted by Crippen LogP contribution is -2.39. The van der Waals surface area contributed by atoms with Crippen LogP contribution in [0.15, 0.2) is 37.1 Å². The molecule has 1 aliphatic rings. The van der Waals surface area contributed by atoms with Gasteiger partial charge in [0.2, 0.25) is 0 Å². The van der Waals surface area contributed by atoms with Gasteiger partial charge in [-0.3, -0.25) is 0 Å². The van der Waals surface area contributed by atoms with E-state index in [4.69, 9.17) is 0 Å². The molecule has 0 radical (unpaired) electrons. The van der Waals surface area contributed by atoms with Crippen molar-refractivity contribution in [1.29, 1.82) is 0 Å². The van der Waals surface area contributed by atoms with Crippen molar-refractivity contribution in [3.8, 4) is 0 Å². The number of rotatable bonds is 3. The zero-order chi connectivity index (χ0) is 15.6. The van der Waals surface area contributed by atoms with Gasteiger partial charge < -0.3 is 10.2 Å². The molecule has 1 fully saturated rings. The van der Waals surface area contributed by atoms with E-state index in [0.717, 1.165) is 48.8 Å². The lowest BCUT2D eigenvalue weighted by atomic mass is 10.0. The molecular formula is C16H19N7. The summed E-state index contributed by atoms with van der Waals surface area (Å²) in [5.41, 5.74) is 2.09. The third-order valence-electron chi connectivity index (χ3n) is 4.22. The first-order valence-electron chi connectivity index (χ1n) is 7.88. The number of piperidine rings is 1. The largest absolute Gasteiger partial charge is 0.367 e. The molecule has 0 aromatic carbocycles. The summed E-state index contributed by atoms with van der Waals surface area (Å²) in [5, 5.41) is 7.94. The zero-order valence-corrected chi connectivity index (χ0v) is 13.1. The van der Waals surface area contributed by atoms with E-state index in [1.54, 1.807) is 12.5 Å². The minimum atomic E-state index is 0.438. The summed E-state index contributed by atoms with van der Waals surface area (Å²) in [5.74, 6) is 1.92. The first-order chi connectivity index (χ1) is 11.3. The molecule has 0 atom stereocenters. The Hall–Kier alpha value is -2.70. The van der Waals surface area contributed by atoms with Gasteiger partial charge in [-0.1, -0.05) is 0 Å². The fourth-order valence-electron chi connectivity index (χ4n) is 3.10. The highest BCUT2D eigenvalue weighted by Crippen LogP contribution is 2.24. The van der Waals surface area contributed by atoms with Crippen LogP contribution in [0.4, 0.5) is 11.6 Å². The topological polar surface area (TPSA) is 71.2 Å². The van der Waals surface area contributed by atoms with E-state index >= 15 is 0 Å². The molecule has 0 spiro atoms. The summed E-state index contributed by atoms with van der Waals surface area (Å²) in [7, 11) is 0. The molecule has 7 nitrogen and oxygen atoms in total. The molecule has 0 unspecified atom stereocenters. The minimum absolute atomic E-state index is 0.438. The normalized spacial score (nSPS) is 16.0. The smallest absolute Gasteiger partial charge is 0.154 e. The van der Waals surface area contributed by atoms with Crippen molar-refractivity contribution < 1.29 is 0 Å². The van der Waals surface area contributed by atoms with Crippen molar-refractivity contribution in [2.24, 2.45) is 0 Å². The maximum atomic E-state index is 4.58. The molecule has 0 saturated carbocycles. The molecule has 1 saturated heterocycles. The van der Waals surface area contributed by atoms with Crippen LogP contribution in [-0.4, -0.2) is 43.7 Å². The van der Waals surface area contributed by atoms with Crippen molar-refractivity contribution >= 4 is 17.2 Å². The number of nitrogens with zero attached hydrogens (tertiary/aromatic N) is 6. The van der Waals surface area contributed by atoms with Crippen molar-refractivity contribution in [3.63, 3.8) is 0 Å². The number of aromatic nitrogens is 5. The van der Waals surface area contributed by atoms with E-state index in [9.17, 15) is 0 Å². The third-order valence-corrected chi connectivity index (χ3v) is 4.22. The molecule has 1 aliphatic heterocycles. The SMILES string of the molecule is Cc1cc2c(N3CCC(Nc4ccncn4)CC3)nccn2n1. The van der Waals surface area contributed by atoms with Gasteiger partial charge in [-0.15, -0.1) is 0 Å². The molecule has 3 aromatic rings. The number of fused-ring (bicyclic) bond motifs is 1. The van der Waals surface area contributed by atoms with Crippen LogP contribution in [0.3, 0.4) is 0 Å². The average molecular weight is 309 g/mol. The summed E-state index contributed by atoms with van der Waals surface area (Å²) in [6.45, 7) is 3.95. The van der Waals surface area contributed by atoms with Crippen LogP contribution >= 0.6 is 0 Å². The van der Waals surface area contributed by atoms with Gasteiger partial charge >= 0.3 is 0 Å². The van der Waals surface area contributed by atoms with Crippen molar-refractivity contribution in [1.82, 2.24) is 24.6 Å². The number of nitrogens with one attached hydrogen (secondary N) is 1. The van der Waals surface area contributed by atoms with Gasteiger partial charge in [0.05, 0.1) is 5.69 Å². The monoisotopic (exact) mass is 309 g/mol. The highest BCUT2D eigenvalue weighted by atomic mass is 15.3. The Balaban J connectivity index is 1.46. The summed E-state index contributed by atoms with van der Waals surface area (Å²) >= 11 is 0. The Bertz CT molecular complexity index is 791. The Morgan fingerprint density at radius 2 is 2.04 bits per heavy atom. The van der Waals surface area contributed by atoms with Gasteiger partial charge in [0.15, 0.2) is 5.82 Å². The van der Waals surface area contributed by atoms with Crippen LogP contribution in [0.1, 0.15) is 18.5 Å². The molecule has 118 valence electrons. The molecule has 4 rings (SSSR count). The van der Waals surface area contributed by atoms with Gasteiger partial charge in [-0.05, 0) is 31.9 Å². The van der Waals surface area contributed by atoms with E-state index in [0.29, 0.717) is 6.04 Å². The molecule has 0 bridgehead atoms. The van der Waals surface area contributed by atoms with E-state index in [1.807, 2.05) is 29.9 Å². The maximum Gasteiger partial charge on any atom is 0.154 e. The van der Waals surface area contributed by atoms with Crippen LogP contribution in [0.2, 0.25) is 0 Å². The van der Waals surface area contributed by atoms with Gasteiger partial charge in [-0.2, -0.15) is 5.10 Å². The molecule has 0 aliphatic carbocycles. The average Bonchev–Trinajstić information content (AvgIpc) is 2.97.